The highest BCUT2D eigenvalue weighted by Gasteiger charge is 2.49. The number of allylic oxidation sites excluding steroid dienone is 2. The monoisotopic (exact) mass is 327 g/mol. The van der Waals surface area contributed by atoms with Crippen LogP contribution in [0.2, 0.25) is 0 Å². The highest BCUT2D eigenvalue weighted by Crippen LogP contribution is 2.33. The van der Waals surface area contributed by atoms with E-state index in [0.717, 1.165) is 0 Å². The first-order valence-corrected chi connectivity index (χ1v) is 7.35. The van der Waals surface area contributed by atoms with Crippen LogP contribution in [-0.2, 0) is 19.1 Å². The van der Waals surface area contributed by atoms with Crippen LogP contribution in [0.1, 0.15) is 0 Å². The maximum absolute atomic E-state index is 12.3. The number of rotatable bonds is 2. The van der Waals surface area contributed by atoms with Crippen LogP contribution in [0.15, 0.2) is 24.3 Å². The number of alkyl halides is 1. The molecule has 3 rings (SSSR count). The maximum atomic E-state index is 12.3. The van der Waals surface area contributed by atoms with E-state index in [1.165, 1.54) is 4.90 Å². The SMILES string of the molecule is O=C1[C@@H]2C=CC=C[C@H]2C(=O)N1C1COC(CBr)OC1. The summed E-state index contributed by atoms with van der Waals surface area (Å²) in [7, 11) is 0. The lowest BCUT2D eigenvalue weighted by molar-refractivity contribution is -0.195. The molecule has 0 spiro atoms. The second kappa shape index (κ2) is 5.19. The Morgan fingerprint density at radius 3 is 2.11 bits per heavy atom. The van der Waals surface area contributed by atoms with Crippen LogP contribution in [0.25, 0.3) is 0 Å². The molecule has 0 bridgehead atoms. The van der Waals surface area contributed by atoms with E-state index in [9.17, 15) is 9.59 Å². The number of likely N-dealkylation sites (tertiary alicyclic amines) is 1. The van der Waals surface area contributed by atoms with Gasteiger partial charge in [0.25, 0.3) is 0 Å². The molecule has 6 heteroatoms. The fourth-order valence-electron chi connectivity index (χ4n) is 2.64. The Hall–Kier alpha value is -0.980. The second-order valence-corrected chi connectivity index (χ2v) is 5.42. The molecule has 19 heavy (non-hydrogen) atoms. The number of hydrogen-bond acceptors (Lipinski definition) is 4. The van der Waals surface area contributed by atoms with E-state index >= 15 is 0 Å². The minimum Gasteiger partial charge on any atom is -0.350 e. The lowest BCUT2D eigenvalue weighted by Gasteiger charge is -2.33. The van der Waals surface area contributed by atoms with E-state index in [1.54, 1.807) is 12.2 Å². The van der Waals surface area contributed by atoms with Crippen molar-refractivity contribution in [3.8, 4) is 0 Å². The number of fused-ring (bicyclic) bond motifs is 1. The average molecular weight is 328 g/mol. The zero-order valence-corrected chi connectivity index (χ0v) is 11.8. The molecule has 0 aromatic carbocycles. The van der Waals surface area contributed by atoms with Gasteiger partial charge in [0.15, 0.2) is 6.29 Å². The molecule has 2 saturated heterocycles. The van der Waals surface area contributed by atoms with Gasteiger partial charge in [-0.25, -0.2) is 0 Å². The molecule has 2 atom stereocenters. The zero-order chi connectivity index (χ0) is 13.4. The molecule has 5 nitrogen and oxygen atoms in total. The third-order valence-electron chi connectivity index (χ3n) is 3.62. The second-order valence-electron chi connectivity index (χ2n) is 4.77. The van der Waals surface area contributed by atoms with Crippen molar-refractivity contribution in [2.45, 2.75) is 12.3 Å². The van der Waals surface area contributed by atoms with E-state index in [1.807, 2.05) is 12.2 Å². The highest BCUT2D eigenvalue weighted by molar-refractivity contribution is 9.09. The fraction of sp³-hybridized carbons (Fsp3) is 0.538. The number of ether oxygens (including phenoxy) is 2. The minimum atomic E-state index is -0.355. The van der Waals surface area contributed by atoms with Crippen molar-refractivity contribution < 1.29 is 19.1 Å². The molecule has 2 amide bonds. The van der Waals surface area contributed by atoms with Gasteiger partial charge in [-0.15, -0.1) is 0 Å². The van der Waals surface area contributed by atoms with E-state index < -0.39 is 0 Å². The first-order valence-electron chi connectivity index (χ1n) is 6.23. The van der Waals surface area contributed by atoms with Crippen molar-refractivity contribution in [1.82, 2.24) is 4.90 Å². The fourth-order valence-corrected chi connectivity index (χ4v) is 3.01. The zero-order valence-electron chi connectivity index (χ0n) is 10.2. The summed E-state index contributed by atoms with van der Waals surface area (Å²) in [5, 5.41) is 0.582. The van der Waals surface area contributed by atoms with Crippen LogP contribution in [0.4, 0.5) is 0 Å². The summed E-state index contributed by atoms with van der Waals surface area (Å²) in [6.45, 7) is 0.668. The van der Waals surface area contributed by atoms with Crippen molar-refractivity contribution in [2.24, 2.45) is 11.8 Å². The van der Waals surface area contributed by atoms with Crippen molar-refractivity contribution in [3.05, 3.63) is 24.3 Å². The molecule has 0 unspecified atom stereocenters. The molecular weight excluding hydrogens is 314 g/mol. The van der Waals surface area contributed by atoms with E-state index in [-0.39, 0.29) is 36.0 Å². The number of hydrogen-bond donors (Lipinski definition) is 0. The Labute approximate surface area is 119 Å². The summed E-state index contributed by atoms with van der Waals surface area (Å²) < 4.78 is 10.9. The molecule has 0 radical (unpaired) electrons. The van der Waals surface area contributed by atoms with Crippen molar-refractivity contribution in [1.29, 1.82) is 0 Å². The molecule has 0 N–H and O–H groups in total. The van der Waals surface area contributed by atoms with Crippen molar-refractivity contribution in [2.75, 3.05) is 18.5 Å². The number of carbonyl (C=O) groups is 2. The molecule has 0 aromatic heterocycles. The summed E-state index contributed by atoms with van der Waals surface area (Å²) in [5.74, 6) is -1.01. The van der Waals surface area contributed by atoms with Crippen LogP contribution >= 0.6 is 15.9 Å². The topological polar surface area (TPSA) is 55.8 Å². The van der Waals surface area contributed by atoms with E-state index in [2.05, 4.69) is 15.9 Å². The summed E-state index contributed by atoms with van der Waals surface area (Å²) in [6, 6.07) is -0.317. The van der Waals surface area contributed by atoms with Crippen LogP contribution in [0.5, 0.6) is 0 Å². The summed E-state index contributed by atoms with van der Waals surface area (Å²) >= 11 is 3.27. The highest BCUT2D eigenvalue weighted by atomic mass is 79.9. The van der Waals surface area contributed by atoms with Crippen molar-refractivity contribution >= 4 is 27.7 Å². The average Bonchev–Trinajstić information content (AvgIpc) is 2.72. The Kier molecular flexibility index (Phi) is 3.56. The lowest BCUT2D eigenvalue weighted by Crippen LogP contribution is -2.50. The molecule has 2 fully saturated rings. The maximum Gasteiger partial charge on any atom is 0.237 e. The van der Waals surface area contributed by atoms with Gasteiger partial charge in [0.1, 0.15) is 0 Å². The predicted molar refractivity (Wildman–Crippen MR) is 70.4 cm³/mol. The Morgan fingerprint density at radius 1 is 1.11 bits per heavy atom. The van der Waals surface area contributed by atoms with Gasteiger partial charge in [0.2, 0.25) is 11.8 Å². The van der Waals surface area contributed by atoms with Gasteiger partial charge in [0.05, 0.1) is 36.4 Å². The molecule has 3 aliphatic rings. The predicted octanol–water partition coefficient (Wildman–Crippen LogP) is 0.850. The van der Waals surface area contributed by atoms with Gasteiger partial charge in [-0.1, -0.05) is 40.2 Å². The third-order valence-corrected chi connectivity index (χ3v) is 4.15. The summed E-state index contributed by atoms with van der Waals surface area (Å²) in [4.78, 5) is 25.9. The normalized spacial score (nSPS) is 37.8. The first kappa shape index (κ1) is 13.0. The van der Waals surface area contributed by atoms with Gasteiger partial charge in [-0.3, -0.25) is 14.5 Å². The molecule has 0 saturated carbocycles. The number of amides is 2. The van der Waals surface area contributed by atoms with Crippen LogP contribution in [-0.4, -0.2) is 47.6 Å². The Morgan fingerprint density at radius 2 is 1.63 bits per heavy atom. The number of carbonyl (C=O) groups excluding carboxylic acids is 2. The molecule has 2 aliphatic heterocycles. The standard InChI is InChI=1S/C13H14BrNO4/c14-5-11-18-6-8(7-19-11)15-12(16)9-3-1-2-4-10(9)13(15)17/h1-4,8-11H,5-7H2/t8?,9-,10-,11?/m1/s1. The van der Waals surface area contributed by atoms with E-state index in [4.69, 9.17) is 9.47 Å². The van der Waals surface area contributed by atoms with E-state index in [0.29, 0.717) is 18.5 Å². The molecule has 0 aromatic rings. The molecular formula is C13H14BrNO4. The van der Waals surface area contributed by atoms with Gasteiger partial charge in [-0.05, 0) is 0 Å². The Balaban J connectivity index is 1.75. The lowest BCUT2D eigenvalue weighted by atomic mass is 9.91. The smallest absolute Gasteiger partial charge is 0.237 e. The molecule has 1 aliphatic carbocycles. The summed E-state index contributed by atoms with van der Waals surface area (Å²) in [5.41, 5.74) is 0. The van der Waals surface area contributed by atoms with Gasteiger partial charge in [0, 0.05) is 0 Å². The largest absolute Gasteiger partial charge is 0.350 e. The number of halogens is 1. The van der Waals surface area contributed by atoms with Crippen LogP contribution < -0.4 is 0 Å². The minimum absolute atomic E-state index is 0.148. The van der Waals surface area contributed by atoms with Gasteiger partial charge < -0.3 is 9.47 Å². The molecule has 2 heterocycles. The van der Waals surface area contributed by atoms with Crippen LogP contribution in [0, 0.1) is 11.8 Å². The number of imide groups is 1. The summed E-state index contributed by atoms with van der Waals surface area (Å²) in [6.07, 6.45) is 6.90. The van der Waals surface area contributed by atoms with Crippen molar-refractivity contribution in [3.63, 3.8) is 0 Å². The first-order chi connectivity index (χ1) is 9.22. The number of nitrogens with zero attached hydrogens (tertiary/aromatic N) is 1. The quantitative estimate of drug-likeness (QED) is 0.557. The van der Waals surface area contributed by atoms with Crippen LogP contribution in [0.3, 0.4) is 0 Å². The van der Waals surface area contributed by atoms with Gasteiger partial charge >= 0.3 is 0 Å². The third kappa shape index (κ3) is 2.17. The molecule has 102 valence electrons. The Bertz CT molecular complexity index is 424. The van der Waals surface area contributed by atoms with Gasteiger partial charge in [-0.2, -0.15) is 0 Å².